The first kappa shape index (κ1) is 20.1. The number of carbonyl (C=O) groups is 1. The molecule has 0 aliphatic carbocycles. The lowest BCUT2D eigenvalue weighted by molar-refractivity contribution is 0.147. The maximum Gasteiger partial charge on any atom is 0.414 e. The van der Waals surface area contributed by atoms with Crippen LogP contribution in [0.2, 0.25) is 0 Å². The molecule has 2 aromatic rings. The number of hydrogen-bond donors (Lipinski definition) is 1. The number of cyclic esters (lactones) is 1. The van der Waals surface area contributed by atoms with Crippen LogP contribution in [-0.2, 0) is 14.6 Å². The molecule has 5 rings (SSSR count). The Kier molecular flexibility index (Phi) is 4.80. The summed E-state index contributed by atoms with van der Waals surface area (Å²) in [6.07, 6.45) is 2.00. The Hall–Kier alpha value is -2.82. The van der Waals surface area contributed by atoms with Gasteiger partial charge in [0, 0.05) is 24.6 Å². The molecule has 11 heteroatoms. The summed E-state index contributed by atoms with van der Waals surface area (Å²) in [5, 5.41) is 6.76. The molecule has 0 bridgehead atoms. The van der Waals surface area contributed by atoms with E-state index in [9.17, 15) is 17.6 Å². The van der Waals surface area contributed by atoms with E-state index in [1.165, 1.54) is 17.2 Å². The van der Waals surface area contributed by atoms with Crippen molar-refractivity contribution in [1.29, 1.82) is 0 Å². The van der Waals surface area contributed by atoms with E-state index < -0.39 is 27.9 Å². The van der Waals surface area contributed by atoms with Crippen LogP contribution in [0.5, 0.6) is 0 Å². The van der Waals surface area contributed by atoms with Crippen LogP contribution in [0.3, 0.4) is 0 Å². The second-order valence-corrected chi connectivity index (χ2v) is 10.6. The molecule has 166 valence electrons. The number of benzene rings is 1. The third-order valence-electron chi connectivity index (χ3n) is 6.28. The zero-order valence-electron chi connectivity index (χ0n) is 16.8. The molecular weight excluding hydrogens is 427 g/mol. The van der Waals surface area contributed by atoms with Gasteiger partial charge < -0.3 is 19.5 Å². The van der Waals surface area contributed by atoms with Crippen molar-refractivity contribution in [2.75, 3.05) is 52.8 Å². The summed E-state index contributed by atoms with van der Waals surface area (Å²) in [5.41, 5.74) is 0.784. The summed E-state index contributed by atoms with van der Waals surface area (Å²) < 4.78 is 48.1. The van der Waals surface area contributed by atoms with E-state index >= 15 is 0 Å². The molecular formula is C20H23FN4O5S. The normalized spacial score (nSPS) is 24.2. The van der Waals surface area contributed by atoms with Crippen LogP contribution in [0.1, 0.15) is 12.8 Å². The van der Waals surface area contributed by atoms with Gasteiger partial charge in [0.15, 0.2) is 15.7 Å². The molecule has 0 unspecified atom stereocenters. The number of halogens is 1. The van der Waals surface area contributed by atoms with Crippen LogP contribution in [0.15, 0.2) is 35.1 Å². The molecule has 3 aliphatic rings. The molecule has 4 heterocycles. The standard InChI is InChI=1S/C20H23FN4O5S/c21-16-9-14(25-11-15(30-19(25)26)10-22-18-3-8-29-23-18)1-2-17(16)24-6-4-20(5-7-24)12-31(27,28)13-20/h1-3,8-9,15H,4-7,10-13H2,(H,22,23)/t15-/m0/s1. The quantitative estimate of drug-likeness (QED) is 0.740. The average molecular weight is 450 g/mol. The van der Waals surface area contributed by atoms with Gasteiger partial charge in [-0.2, -0.15) is 0 Å². The molecule has 0 radical (unpaired) electrons. The molecule has 3 aliphatic heterocycles. The van der Waals surface area contributed by atoms with E-state index in [2.05, 4.69) is 10.5 Å². The first-order chi connectivity index (χ1) is 14.8. The van der Waals surface area contributed by atoms with E-state index in [1.54, 1.807) is 18.2 Å². The number of hydrogen-bond acceptors (Lipinski definition) is 8. The summed E-state index contributed by atoms with van der Waals surface area (Å²) in [6, 6.07) is 6.40. The summed E-state index contributed by atoms with van der Waals surface area (Å²) in [4.78, 5) is 15.6. The topological polar surface area (TPSA) is 105 Å². The summed E-state index contributed by atoms with van der Waals surface area (Å²) in [7, 11) is -2.88. The third-order valence-corrected chi connectivity index (χ3v) is 8.39. The van der Waals surface area contributed by atoms with Gasteiger partial charge >= 0.3 is 6.09 Å². The summed E-state index contributed by atoms with van der Waals surface area (Å²) >= 11 is 0. The summed E-state index contributed by atoms with van der Waals surface area (Å²) in [6.45, 7) is 1.89. The van der Waals surface area contributed by atoms with Crippen LogP contribution < -0.4 is 15.1 Å². The van der Waals surface area contributed by atoms with E-state index in [4.69, 9.17) is 9.26 Å². The van der Waals surface area contributed by atoms with Crippen LogP contribution in [0, 0.1) is 11.2 Å². The molecule has 1 aromatic heterocycles. The second-order valence-electron chi connectivity index (χ2n) is 8.54. The smallest absolute Gasteiger partial charge is 0.414 e. The lowest BCUT2D eigenvalue weighted by Crippen LogP contribution is -2.54. The Bertz CT molecular complexity index is 1070. The Morgan fingerprint density at radius 3 is 2.65 bits per heavy atom. The maximum atomic E-state index is 14.9. The van der Waals surface area contributed by atoms with E-state index in [0.717, 1.165) is 12.8 Å². The van der Waals surface area contributed by atoms with Crippen molar-refractivity contribution in [3.8, 4) is 0 Å². The zero-order valence-corrected chi connectivity index (χ0v) is 17.6. The molecule has 1 spiro atoms. The van der Waals surface area contributed by atoms with Gasteiger partial charge in [-0.25, -0.2) is 17.6 Å². The van der Waals surface area contributed by atoms with Crippen LogP contribution in [0.4, 0.5) is 26.4 Å². The summed E-state index contributed by atoms with van der Waals surface area (Å²) in [5.74, 6) is 0.636. The molecule has 1 amide bonds. The van der Waals surface area contributed by atoms with Crippen LogP contribution >= 0.6 is 0 Å². The Morgan fingerprint density at radius 2 is 2.00 bits per heavy atom. The van der Waals surface area contributed by atoms with Crippen molar-refractivity contribution in [2.45, 2.75) is 18.9 Å². The first-order valence-corrected chi connectivity index (χ1v) is 12.0. The monoisotopic (exact) mass is 450 g/mol. The van der Waals surface area contributed by atoms with Crippen LogP contribution in [0.25, 0.3) is 0 Å². The highest BCUT2D eigenvalue weighted by molar-refractivity contribution is 7.92. The minimum atomic E-state index is -2.88. The lowest BCUT2D eigenvalue weighted by atomic mass is 9.81. The van der Waals surface area contributed by atoms with Gasteiger partial charge in [-0.1, -0.05) is 5.16 Å². The number of amides is 1. The Labute approximate surface area is 179 Å². The average Bonchev–Trinajstić information content (AvgIpc) is 3.35. The number of piperidine rings is 1. The number of aromatic nitrogens is 1. The predicted molar refractivity (Wildman–Crippen MR) is 112 cm³/mol. The van der Waals surface area contributed by atoms with Crippen molar-refractivity contribution >= 4 is 33.1 Å². The number of sulfone groups is 1. The van der Waals surface area contributed by atoms with Crippen molar-refractivity contribution < 1.29 is 26.9 Å². The molecule has 0 saturated carbocycles. The van der Waals surface area contributed by atoms with Crippen LogP contribution in [-0.4, -0.2) is 63.5 Å². The van der Waals surface area contributed by atoms with Gasteiger partial charge in [-0.3, -0.25) is 4.90 Å². The Morgan fingerprint density at radius 1 is 1.23 bits per heavy atom. The van der Waals surface area contributed by atoms with E-state index in [-0.39, 0.29) is 16.9 Å². The number of carbonyl (C=O) groups excluding carboxylic acids is 1. The minimum absolute atomic E-state index is 0.125. The van der Waals surface area contributed by atoms with Crippen molar-refractivity contribution in [2.24, 2.45) is 5.41 Å². The molecule has 31 heavy (non-hydrogen) atoms. The molecule has 1 N–H and O–H groups in total. The molecule has 9 nitrogen and oxygen atoms in total. The maximum absolute atomic E-state index is 14.9. The zero-order chi connectivity index (χ0) is 21.6. The lowest BCUT2D eigenvalue weighted by Gasteiger charge is -2.47. The highest BCUT2D eigenvalue weighted by atomic mass is 32.2. The molecule has 1 aromatic carbocycles. The predicted octanol–water partition coefficient (Wildman–Crippen LogP) is 2.27. The van der Waals surface area contributed by atoms with Gasteiger partial charge in [-0.15, -0.1) is 0 Å². The number of rotatable bonds is 5. The van der Waals surface area contributed by atoms with E-state index in [0.29, 0.717) is 43.4 Å². The highest BCUT2D eigenvalue weighted by Gasteiger charge is 2.49. The SMILES string of the molecule is O=C1O[C@@H](CNc2ccon2)CN1c1ccc(N2CCC3(CC2)CS(=O)(=O)C3)c(F)c1. The fourth-order valence-electron chi connectivity index (χ4n) is 4.68. The fourth-order valence-corrected chi connectivity index (χ4v) is 7.04. The number of ether oxygens (including phenoxy) is 1. The molecule has 3 saturated heterocycles. The van der Waals surface area contributed by atoms with Gasteiger partial charge in [-0.05, 0) is 31.0 Å². The Balaban J connectivity index is 1.21. The highest BCUT2D eigenvalue weighted by Crippen LogP contribution is 2.43. The number of anilines is 3. The fraction of sp³-hybridized carbons (Fsp3) is 0.500. The van der Waals surface area contributed by atoms with Gasteiger partial charge in [0.1, 0.15) is 18.2 Å². The van der Waals surface area contributed by atoms with E-state index in [1.807, 2.05) is 4.90 Å². The van der Waals surface area contributed by atoms with Gasteiger partial charge in [0.25, 0.3) is 0 Å². The van der Waals surface area contributed by atoms with Crippen molar-refractivity contribution in [3.63, 3.8) is 0 Å². The number of nitrogens with zero attached hydrogens (tertiary/aromatic N) is 3. The second kappa shape index (κ2) is 7.40. The third kappa shape index (κ3) is 3.93. The molecule has 3 fully saturated rings. The first-order valence-electron chi connectivity index (χ1n) is 10.2. The van der Waals surface area contributed by atoms with Crippen molar-refractivity contribution in [1.82, 2.24) is 5.16 Å². The molecule has 1 atom stereocenters. The van der Waals surface area contributed by atoms with Crippen molar-refractivity contribution in [3.05, 3.63) is 36.3 Å². The van der Waals surface area contributed by atoms with Gasteiger partial charge in [0.05, 0.1) is 36.0 Å². The largest absolute Gasteiger partial charge is 0.442 e. The number of nitrogens with one attached hydrogen (secondary N) is 1. The minimum Gasteiger partial charge on any atom is -0.442 e. The van der Waals surface area contributed by atoms with Gasteiger partial charge in [0.2, 0.25) is 0 Å².